The van der Waals surface area contributed by atoms with Crippen LogP contribution in [0.5, 0.6) is 11.5 Å². The van der Waals surface area contributed by atoms with E-state index in [9.17, 15) is 10.2 Å². The van der Waals surface area contributed by atoms with Gasteiger partial charge >= 0.3 is 0 Å². The highest BCUT2D eigenvalue weighted by Crippen LogP contribution is 2.56. The van der Waals surface area contributed by atoms with Crippen LogP contribution in [0.4, 0.5) is 0 Å². The van der Waals surface area contributed by atoms with Gasteiger partial charge < -0.3 is 10.2 Å². The summed E-state index contributed by atoms with van der Waals surface area (Å²) in [6.07, 6.45) is 0. The fraction of sp³-hybridized carbons (Fsp3) is 0.0400. The van der Waals surface area contributed by atoms with Gasteiger partial charge in [-0.15, -0.1) is 5.75 Å². The molecule has 5 rings (SSSR count). The van der Waals surface area contributed by atoms with Crippen LogP contribution >= 0.6 is 0 Å². The molecule has 1 aliphatic rings. The number of aromatic hydroxyl groups is 1. The highest BCUT2D eigenvalue weighted by Gasteiger charge is 2.45. The number of rotatable bonds is 2. The van der Waals surface area contributed by atoms with E-state index in [0.717, 1.165) is 11.1 Å². The Balaban J connectivity index is 1.94. The van der Waals surface area contributed by atoms with Crippen LogP contribution in [0.2, 0.25) is 0 Å². The Morgan fingerprint density at radius 1 is 0.556 bits per heavy atom. The van der Waals surface area contributed by atoms with Crippen LogP contribution in [0.25, 0.3) is 11.1 Å². The summed E-state index contributed by atoms with van der Waals surface area (Å²) in [4.78, 5) is 0. The van der Waals surface area contributed by atoms with Gasteiger partial charge in [-0.05, 0) is 45.5 Å². The number of fused-ring (bicyclic) bond motifs is 3. The second-order valence-electron chi connectivity index (χ2n) is 6.91. The van der Waals surface area contributed by atoms with Crippen LogP contribution in [-0.4, -0.2) is 5.11 Å². The van der Waals surface area contributed by atoms with Gasteiger partial charge in [-0.3, -0.25) is 0 Å². The van der Waals surface area contributed by atoms with Gasteiger partial charge in [-0.2, -0.15) is 0 Å². The van der Waals surface area contributed by atoms with Crippen LogP contribution < -0.4 is 5.11 Å². The number of phenols is 1. The standard InChI is InChI=1S/C25H18O2/c26-19-13-9-17(10-14-19)25(18-11-15-20(27)16-12-18)23-7-3-1-5-21(23)22-6-2-4-8-24(22)25/h1-16,26-27H/p-1. The van der Waals surface area contributed by atoms with Gasteiger partial charge in [0.1, 0.15) is 5.75 Å². The molecule has 0 heterocycles. The lowest BCUT2D eigenvalue weighted by Crippen LogP contribution is -2.28. The molecular formula is C25H17O2-. The summed E-state index contributed by atoms with van der Waals surface area (Å²) in [5.74, 6) is 0.238. The van der Waals surface area contributed by atoms with E-state index in [0.29, 0.717) is 0 Å². The number of hydrogen-bond acceptors (Lipinski definition) is 2. The van der Waals surface area contributed by atoms with Crippen molar-refractivity contribution in [1.82, 2.24) is 0 Å². The van der Waals surface area contributed by atoms with Crippen molar-refractivity contribution < 1.29 is 10.2 Å². The molecular weight excluding hydrogens is 332 g/mol. The molecule has 27 heavy (non-hydrogen) atoms. The van der Waals surface area contributed by atoms with Crippen LogP contribution in [0, 0.1) is 0 Å². The van der Waals surface area contributed by atoms with Gasteiger partial charge in [0.15, 0.2) is 0 Å². The van der Waals surface area contributed by atoms with E-state index in [4.69, 9.17) is 0 Å². The summed E-state index contributed by atoms with van der Waals surface area (Å²) in [7, 11) is 0. The molecule has 0 atom stereocenters. The Morgan fingerprint density at radius 3 is 1.52 bits per heavy atom. The molecule has 0 spiro atoms. The quantitative estimate of drug-likeness (QED) is 0.496. The summed E-state index contributed by atoms with van der Waals surface area (Å²) < 4.78 is 0. The topological polar surface area (TPSA) is 43.3 Å². The zero-order chi connectivity index (χ0) is 18.4. The zero-order valence-corrected chi connectivity index (χ0v) is 14.6. The molecule has 0 aromatic heterocycles. The second-order valence-corrected chi connectivity index (χ2v) is 6.91. The third-order valence-electron chi connectivity index (χ3n) is 5.54. The van der Waals surface area contributed by atoms with Gasteiger partial charge in [-0.1, -0.05) is 84.9 Å². The predicted octanol–water partition coefficient (Wildman–Crippen LogP) is 4.83. The van der Waals surface area contributed by atoms with E-state index in [1.54, 1.807) is 24.3 Å². The van der Waals surface area contributed by atoms with Crippen molar-refractivity contribution in [2.24, 2.45) is 0 Å². The summed E-state index contributed by atoms with van der Waals surface area (Å²) in [5, 5.41) is 21.6. The smallest absolute Gasteiger partial charge is 0.115 e. The normalized spacial score (nSPS) is 13.8. The molecule has 0 radical (unpaired) electrons. The molecule has 0 bridgehead atoms. The third-order valence-corrected chi connectivity index (χ3v) is 5.54. The maximum atomic E-state index is 11.8. The molecule has 1 N–H and O–H groups in total. The number of benzene rings is 4. The first-order valence-corrected chi connectivity index (χ1v) is 8.98. The number of phenolic OH excluding ortho intramolecular Hbond substituents is 1. The maximum Gasteiger partial charge on any atom is 0.115 e. The highest BCUT2D eigenvalue weighted by molar-refractivity contribution is 5.86. The van der Waals surface area contributed by atoms with Gasteiger partial charge in [0.05, 0.1) is 5.41 Å². The average molecular weight is 349 g/mol. The van der Waals surface area contributed by atoms with E-state index in [2.05, 4.69) is 48.5 Å². The molecule has 130 valence electrons. The van der Waals surface area contributed by atoms with Crippen molar-refractivity contribution in [3.8, 4) is 22.6 Å². The van der Waals surface area contributed by atoms with E-state index in [1.165, 1.54) is 22.3 Å². The van der Waals surface area contributed by atoms with E-state index >= 15 is 0 Å². The van der Waals surface area contributed by atoms with E-state index < -0.39 is 5.41 Å². The molecule has 4 aromatic carbocycles. The molecule has 0 saturated carbocycles. The van der Waals surface area contributed by atoms with E-state index in [-0.39, 0.29) is 11.5 Å². The lowest BCUT2D eigenvalue weighted by atomic mass is 9.68. The monoisotopic (exact) mass is 349 g/mol. The molecule has 0 fully saturated rings. The highest BCUT2D eigenvalue weighted by atomic mass is 16.3. The van der Waals surface area contributed by atoms with Crippen molar-refractivity contribution in [2.45, 2.75) is 5.41 Å². The fourth-order valence-electron chi connectivity index (χ4n) is 4.44. The molecule has 1 aliphatic carbocycles. The Morgan fingerprint density at radius 2 is 1.00 bits per heavy atom. The van der Waals surface area contributed by atoms with Gasteiger partial charge in [-0.25, -0.2) is 0 Å². The van der Waals surface area contributed by atoms with Gasteiger partial charge in [0, 0.05) is 0 Å². The van der Waals surface area contributed by atoms with Gasteiger partial charge in [0.25, 0.3) is 0 Å². The van der Waals surface area contributed by atoms with Crippen LogP contribution in [0.3, 0.4) is 0 Å². The average Bonchev–Trinajstić information content (AvgIpc) is 3.01. The summed E-state index contributed by atoms with van der Waals surface area (Å²) in [6, 6.07) is 31.3. The van der Waals surface area contributed by atoms with Gasteiger partial charge in [0.2, 0.25) is 0 Å². The minimum Gasteiger partial charge on any atom is -0.872 e. The summed E-state index contributed by atoms with van der Waals surface area (Å²) in [6.45, 7) is 0. The first kappa shape index (κ1) is 15.7. The largest absolute Gasteiger partial charge is 0.872 e. The molecule has 0 amide bonds. The minimum atomic E-state index is -0.519. The molecule has 0 saturated heterocycles. The molecule has 2 nitrogen and oxygen atoms in total. The molecule has 4 aromatic rings. The predicted molar refractivity (Wildman–Crippen MR) is 105 cm³/mol. The summed E-state index contributed by atoms with van der Waals surface area (Å²) in [5.41, 5.74) is 6.38. The fourth-order valence-corrected chi connectivity index (χ4v) is 4.44. The Hall–Kier alpha value is -3.52. The van der Waals surface area contributed by atoms with Crippen molar-refractivity contribution in [3.63, 3.8) is 0 Å². The van der Waals surface area contributed by atoms with Crippen molar-refractivity contribution in [2.75, 3.05) is 0 Å². The summed E-state index contributed by atoms with van der Waals surface area (Å²) >= 11 is 0. The minimum absolute atomic E-state index is 0.000765. The molecule has 0 aliphatic heterocycles. The number of hydrogen-bond donors (Lipinski definition) is 1. The van der Waals surface area contributed by atoms with E-state index in [1.807, 2.05) is 24.3 Å². The Labute approximate surface area is 158 Å². The second kappa shape index (κ2) is 5.75. The van der Waals surface area contributed by atoms with Crippen LogP contribution in [-0.2, 0) is 5.41 Å². The van der Waals surface area contributed by atoms with Crippen molar-refractivity contribution >= 4 is 0 Å². The maximum absolute atomic E-state index is 11.8. The third kappa shape index (κ3) is 2.13. The van der Waals surface area contributed by atoms with Crippen molar-refractivity contribution in [3.05, 3.63) is 119 Å². The lowest BCUT2D eigenvalue weighted by Gasteiger charge is -2.34. The Kier molecular flexibility index (Phi) is 3.34. The Bertz CT molecular complexity index is 1030. The zero-order valence-electron chi connectivity index (χ0n) is 14.6. The lowest BCUT2D eigenvalue weighted by molar-refractivity contribution is -0.268. The first-order chi connectivity index (χ1) is 13.2. The van der Waals surface area contributed by atoms with Crippen LogP contribution in [0.1, 0.15) is 22.3 Å². The van der Waals surface area contributed by atoms with Crippen molar-refractivity contribution in [1.29, 1.82) is 0 Å². The van der Waals surface area contributed by atoms with Crippen LogP contribution in [0.15, 0.2) is 97.1 Å². The SMILES string of the molecule is [O-]c1ccc(C2(c3ccc(O)cc3)c3ccccc3-c3ccccc32)cc1. The molecule has 0 unspecified atom stereocenters. The first-order valence-electron chi connectivity index (χ1n) is 8.98. The molecule has 2 heteroatoms.